The fourth-order valence-corrected chi connectivity index (χ4v) is 4.41. The molecule has 4 nitrogen and oxygen atoms in total. The largest absolute Gasteiger partial charge is 0.508 e. The van der Waals surface area contributed by atoms with E-state index in [0.717, 1.165) is 25.3 Å². The Balaban J connectivity index is 0.000000924. The van der Waals surface area contributed by atoms with E-state index in [1.54, 1.807) is 35.4 Å². The number of nitrogens with zero attached hydrogens (tertiary/aromatic N) is 2. The van der Waals surface area contributed by atoms with Gasteiger partial charge < -0.3 is 15.1 Å². The molecule has 1 fully saturated rings. The van der Waals surface area contributed by atoms with E-state index in [4.69, 9.17) is 0 Å². The molecule has 0 amide bonds. The summed E-state index contributed by atoms with van der Waals surface area (Å²) < 4.78 is 3.59. The topological polar surface area (TPSA) is 46.9 Å². The van der Waals surface area contributed by atoms with Crippen molar-refractivity contribution in [2.75, 3.05) is 31.1 Å². The number of phenolic OH excluding ortho intramolecular Hbond substituents is 1. The van der Waals surface area contributed by atoms with Crippen LogP contribution >= 0.6 is 23.3 Å². The van der Waals surface area contributed by atoms with Gasteiger partial charge >= 0.3 is 0 Å². The minimum atomic E-state index is 0.0794. The van der Waals surface area contributed by atoms with Crippen LogP contribution in [0.1, 0.15) is 13.8 Å². The summed E-state index contributed by atoms with van der Waals surface area (Å²) in [5.74, 6) is 0.270. The van der Waals surface area contributed by atoms with E-state index in [1.165, 1.54) is 4.21 Å². The Morgan fingerprint density at radius 2 is 1.91 bits per heavy atom. The second-order valence-electron chi connectivity index (χ2n) is 4.96. The minimum absolute atomic E-state index is 0.0794. The van der Waals surface area contributed by atoms with Crippen molar-refractivity contribution in [1.29, 1.82) is 0 Å². The van der Waals surface area contributed by atoms with Crippen molar-refractivity contribution in [3.63, 3.8) is 0 Å². The van der Waals surface area contributed by atoms with Gasteiger partial charge in [0, 0.05) is 25.3 Å². The second kappa shape index (κ2) is 9.17. The Morgan fingerprint density at radius 1 is 1.17 bits per heavy atom. The number of rotatable bonds is 4. The number of thiophene rings is 1. The van der Waals surface area contributed by atoms with Crippen LogP contribution in [0.25, 0.3) is 0 Å². The Labute approximate surface area is 146 Å². The van der Waals surface area contributed by atoms with Crippen molar-refractivity contribution in [2.24, 2.45) is 0 Å². The van der Waals surface area contributed by atoms with Crippen LogP contribution in [-0.2, 0) is 0 Å². The highest BCUT2D eigenvalue weighted by Gasteiger charge is 2.27. The molecule has 1 aromatic carbocycles. The summed E-state index contributed by atoms with van der Waals surface area (Å²) >= 11 is 3.51. The molecule has 126 valence electrons. The van der Waals surface area contributed by atoms with E-state index in [-0.39, 0.29) is 18.4 Å². The molecule has 0 bridgehead atoms. The van der Waals surface area contributed by atoms with E-state index in [1.807, 2.05) is 26.0 Å². The van der Waals surface area contributed by atoms with Crippen LogP contribution in [0.15, 0.2) is 46.0 Å². The van der Waals surface area contributed by atoms with Crippen molar-refractivity contribution in [1.82, 2.24) is 4.31 Å². The Kier molecular flexibility index (Phi) is 7.23. The lowest BCUT2D eigenvalue weighted by molar-refractivity contribution is 0.223. The molecule has 1 aliphatic heterocycles. The standard InChI is InChI=1S/C15H18N2O2S2.C2H6/c18-11-13-10-16(21-15-2-1-9-20-15)7-8-17(13)12-3-5-14(19)6-4-12;1-2/h1-6,9,13,18-19H,7-8,10-11H2;1-2H3. The second-order valence-corrected chi connectivity index (χ2v) is 7.30. The zero-order chi connectivity index (χ0) is 16.7. The van der Waals surface area contributed by atoms with Gasteiger partial charge in [-0.2, -0.15) is 0 Å². The third-order valence-electron chi connectivity index (χ3n) is 3.55. The quantitative estimate of drug-likeness (QED) is 0.822. The molecular formula is C17H24N2O2S2. The van der Waals surface area contributed by atoms with Gasteiger partial charge in [0.1, 0.15) is 5.75 Å². The number of anilines is 1. The summed E-state index contributed by atoms with van der Waals surface area (Å²) in [6.45, 7) is 6.76. The summed E-state index contributed by atoms with van der Waals surface area (Å²) in [5, 5.41) is 21.2. The molecule has 3 rings (SSSR count). The number of aromatic hydroxyl groups is 1. The van der Waals surface area contributed by atoms with Gasteiger partial charge in [-0.05, 0) is 47.7 Å². The highest BCUT2D eigenvalue weighted by molar-refractivity contribution is 7.98. The predicted molar refractivity (Wildman–Crippen MR) is 99.4 cm³/mol. The van der Waals surface area contributed by atoms with Gasteiger partial charge in [0.05, 0.1) is 16.9 Å². The lowest BCUT2D eigenvalue weighted by Crippen LogP contribution is -2.52. The number of hydrogen-bond acceptors (Lipinski definition) is 6. The first kappa shape index (κ1) is 18.1. The van der Waals surface area contributed by atoms with E-state index >= 15 is 0 Å². The molecule has 0 radical (unpaired) electrons. The molecule has 0 spiro atoms. The normalized spacial score (nSPS) is 18.4. The Morgan fingerprint density at radius 3 is 2.52 bits per heavy atom. The molecule has 1 aliphatic rings. The first-order valence-corrected chi connectivity index (χ1v) is 9.54. The van der Waals surface area contributed by atoms with Crippen molar-refractivity contribution < 1.29 is 10.2 Å². The average molecular weight is 353 g/mol. The number of aliphatic hydroxyl groups excluding tert-OH is 1. The number of aliphatic hydroxyl groups is 1. The van der Waals surface area contributed by atoms with Crippen LogP contribution in [0.3, 0.4) is 0 Å². The molecule has 6 heteroatoms. The number of piperazine rings is 1. The molecule has 23 heavy (non-hydrogen) atoms. The van der Waals surface area contributed by atoms with Gasteiger partial charge in [0.25, 0.3) is 0 Å². The van der Waals surface area contributed by atoms with Gasteiger partial charge in [0.15, 0.2) is 0 Å². The van der Waals surface area contributed by atoms with Crippen molar-refractivity contribution in [3.8, 4) is 5.75 Å². The zero-order valence-electron chi connectivity index (χ0n) is 13.6. The smallest absolute Gasteiger partial charge is 0.115 e. The van der Waals surface area contributed by atoms with Crippen molar-refractivity contribution in [3.05, 3.63) is 41.8 Å². The molecule has 0 aliphatic carbocycles. The fourth-order valence-electron chi connectivity index (χ4n) is 2.49. The van der Waals surface area contributed by atoms with Crippen molar-refractivity contribution >= 4 is 29.0 Å². The molecule has 1 aromatic heterocycles. The van der Waals surface area contributed by atoms with Crippen LogP contribution in [0.4, 0.5) is 5.69 Å². The highest BCUT2D eigenvalue weighted by Crippen LogP contribution is 2.31. The van der Waals surface area contributed by atoms with Gasteiger partial charge in [-0.3, -0.25) is 0 Å². The van der Waals surface area contributed by atoms with Crippen LogP contribution < -0.4 is 4.90 Å². The summed E-state index contributed by atoms with van der Waals surface area (Å²) in [7, 11) is 0. The molecule has 1 atom stereocenters. The lowest BCUT2D eigenvalue weighted by atomic mass is 10.1. The van der Waals surface area contributed by atoms with Crippen LogP contribution in [0.5, 0.6) is 5.75 Å². The van der Waals surface area contributed by atoms with Crippen molar-refractivity contribution in [2.45, 2.75) is 24.1 Å². The monoisotopic (exact) mass is 352 g/mol. The maximum absolute atomic E-state index is 9.70. The minimum Gasteiger partial charge on any atom is -0.508 e. The van der Waals surface area contributed by atoms with E-state index in [0.29, 0.717) is 0 Å². The van der Waals surface area contributed by atoms with Crippen LogP contribution in [0, 0.1) is 0 Å². The van der Waals surface area contributed by atoms with Crippen LogP contribution in [-0.4, -0.2) is 46.8 Å². The maximum Gasteiger partial charge on any atom is 0.115 e. The average Bonchev–Trinajstić information content (AvgIpc) is 3.10. The molecule has 1 saturated heterocycles. The van der Waals surface area contributed by atoms with Gasteiger partial charge in [-0.25, -0.2) is 4.31 Å². The maximum atomic E-state index is 9.70. The molecule has 1 unspecified atom stereocenters. The Bertz CT molecular complexity index is 560. The summed E-state index contributed by atoms with van der Waals surface area (Å²) in [5.41, 5.74) is 1.05. The SMILES string of the molecule is CC.OCC1CN(Sc2cccs2)CCN1c1ccc(O)cc1. The number of hydrogen-bond donors (Lipinski definition) is 2. The fraction of sp³-hybridized carbons (Fsp3) is 0.412. The van der Waals surface area contributed by atoms with Gasteiger partial charge in [0.2, 0.25) is 0 Å². The number of benzene rings is 1. The third-order valence-corrected chi connectivity index (χ3v) is 5.63. The summed E-state index contributed by atoms with van der Waals surface area (Å²) in [4.78, 5) is 2.21. The van der Waals surface area contributed by atoms with Gasteiger partial charge in [-0.1, -0.05) is 19.9 Å². The molecule has 0 saturated carbocycles. The summed E-state index contributed by atoms with van der Waals surface area (Å²) in [6.07, 6.45) is 0. The summed E-state index contributed by atoms with van der Waals surface area (Å²) in [6, 6.07) is 11.4. The van der Waals surface area contributed by atoms with Gasteiger partial charge in [-0.15, -0.1) is 11.3 Å². The molecule has 2 N–H and O–H groups in total. The van der Waals surface area contributed by atoms with Crippen LogP contribution in [0.2, 0.25) is 0 Å². The molecular weight excluding hydrogens is 328 g/mol. The Hall–Kier alpha value is -1.21. The predicted octanol–water partition coefficient (Wildman–Crippen LogP) is 3.67. The van der Waals surface area contributed by atoms with E-state index < -0.39 is 0 Å². The highest BCUT2D eigenvalue weighted by atomic mass is 32.2. The third kappa shape index (κ3) is 4.88. The first-order valence-electron chi connectivity index (χ1n) is 7.89. The molecule has 2 heterocycles. The number of phenols is 1. The van der Waals surface area contributed by atoms with E-state index in [9.17, 15) is 10.2 Å². The zero-order valence-corrected chi connectivity index (χ0v) is 15.2. The lowest BCUT2D eigenvalue weighted by Gasteiger charge is -2.41. The first-order chi connectivity index (χ1) is 11.3. The van der Waals surface area contributed by atoms with E-state index in [2.05, 4.69) is 26.7 Å². The molecule has 2 aromatic rings.